The van der Waals surface area contributed by atoms with Gasteiger partial charge in [-0.1, -0.05) is 20.3 Å². The third-order valence-electron chi connectivity index (χ3n) is 3.78. The van der Waals surface area contributed by atoms with Crippen molar-refractivity contribution in [3.63, 3.8) is 0 Å². The van der Waals surface area contributed by atoms with Gasteiger partial charge in [-0.15, -0.1) is 0 Å². The van der Waals surface area contributed by atoms with Crippen molar-refractivity contribution in [1.29, 1.82) is 0 Å². The summed E-state index contributed by atoms with van der Waals surface area (Å²) in [6.45, 7) is 11.8. The predicted molar refractivity (Wildman–Crippen MR) is 81.3 cm³/mol. The molecule has 3 heteroatoms. The lowest BCUT2D eigenvalue weighted by Crippen LogP contribution is -2.32. The van der Waals surface area contributed by atoms with Crippen LogP contribution in [0.25, 0.3) is 0 Å². The van der Waals surface area contributed by atoms with Gasteiger partial charge in [-0.3, -0.25) is 4.90 Å². The minimum Gasteiger partial charge on any atom is -0.463 e. The minimum absolute atomic E-state index is 0.615. The summed E-state index contributed by atoms with van der Waals surface area (Å²) in [4.78, 5) is 2.53. The Bertz CT molecular complexity index is 360. The Labute approximate surface area is 118 Å². The number of nitrogens with one attached hydrogen (secondary N) is 1. The molecule has 1 unspecified atom stereocenters. The first kappa shape index (κ1) is 16.3. The third kappa shape index (κ3) is 5.00. The van der Waals surface area contributed by atoms with Crippen LogP contribution in [-0.4, -0.2) is 24.5 Å². The highest BCUT2D eigenvalue weighted by Crippen LogP contribution is 2.18. The van der Waals surface area contributed by atoms with E-state index in [1.54, 1.807) is 0 Å². The van der Waals surface area contributed by atoms with E-state index in [4.69, 9.17) is 4.42 Å². The molecule has 0 aliphatic carbocycles. The molecule has 1 rings (SSSR count). The molecule has 0 spiro atoms. The van der Waals surface area contributed by atoms with Gasteiger partial charge < -0.3 is 9.73 Å². The lowest BCUT2D eigenvalue weighted by atomic mass is 10.2. The Kier molecular flexibility index (Phi) is 7.17. The first-order chi connectivity index (χ1) is 9.12. The van der Waals surface area contributed by atoms with Crippen LogP contribution in [0.2, 0.25) is 0 Å². The Hall–Kier alpha value is -0.800. The standard InChI is InChI=1S/C16H30N2O/c1-6-8-9-18(14(4)7-2)12-15-10-13(3)16(19-15)11-17-5/h10,14,17H,6-9,11-12H2,1-5H3. The molecule has 0 aromatic carbocycles. The van der Waals surface area contributed by atoms with Gasteiger partial charge in [0, 0.05) is 6.04 Å². The van der Waals surface area contributed by atoms with Crippen LogP contribution >= 0.6 is 0 Å². The van der Waals surface area contributed by atoms with E-state index in [1.165, 1.54) is 24.8 Å². The van der Waals surface area contributed by atoms with Crippen molar-refractivity contribution in [3.05, 3.63) is 23.2 Å². The van der Waals surface area contributed by atoms with E-state index in [0.29, 0.717) is 6.04 Å². The fourth-order valence-corrected chi connectivity index (χ4v) is 2.28. The van der Waals surface area contributed by atoms with E-state index < -0.39 is 0 Å². The Morgan fingerprint density at radius 2 is 2.11 bits per heavy atom. The maximum atomic E-state index is 5.96. The van der Waals surface area contributed by atoms with Crippen molar-refractivity contribution < 1.29 is 4.42 Å². The summed E-state index contributed by atoms with van der Waals surface area (Å²) >= 11 is 0. The molecule has 3 nitrogen and oxygen atoms in total. The molecular weight excluding hydrogens is 236 g/mol. The van der Waals surface area contributed by atoms with E-state index in [0.717, 1.165) is 31.2 Å². The van der Waals surface area contributed by atoms with E-state index in [1.807, 2.05) is 7.05 Å². The second-order valence-electron chi connectivity index (χ2n) is 5.43. The summed E-state index contributed by atoms with van der Waals surface area (Å²) < 4.78 is 5.96. The molecule has 0 bridgehead atoms. The average Bonchev–Trinajstić information content (AvgIpc) is 2.74. The van der Waals surface area contributed by atoms with Gasteiger partial charge in [0.05, 0.1) is 13.1 Å². The largest absolute Gasteiger partial charge is 0.463 e. The molecule has 1 aromatic rings. The van der Waals surface area contributed by atoms with Crippen LogP contribution in [0.4, 0.5) is 0 Å². The van der Waals surface area contributed by atoms with Crippen LogP contribution in [0.5, 0.6) is 0 Å². The zero-order chi connectivity index (χ0) is 14.3. The number of unbranched alkanes of at least 4 members (excludes halogenated alkanes) is 1. The molecule has 1 atom stereocenters. The molecule has 1 heterocycles. The highest BCUT2D eigenvalue weighted by atomic mass is 16.3. The van der Waals surface area contributed by atoms with Crippen LogP contribution in [0.3, 0.4) is 0 Å². The molecule has 1 N–H and O–H groups in total. The predicted octanol–water partition coefficient (Wildman–Crippen LogP) is 3.71. The van der Waals surface area contributed by atoms with Gasteiger partial charge >= 0.3 is 0 Å². The third-order valence-corrected chi connectivity index (χ3v) is 3.78. The lowest BCUT2D eigenvalue weighted by molar-refractivity contribution is 0.177. The Morgan fingerprint density at radius 3 is 2.68 bits per heavy atom. The van der Waals surface area contributed by atoms with Crippen molar-refractivity contribution in [3.8, 4) is 0 Å². The van der Waals surface area contributed by atoms with Gasteiger partial charge in [-0.05, 0) is 51.9 Å². The number of nitrogens with zero attached hydrogens (tertiary/aromatic N) is 1. The second-order valence-corrected chi connectivity index (χ2v) is 5.43. The number of furan rings is 1. The van der Waals surface area contributed by atoms with E-state index in [9.17, 15) is 0 Å². The summed E-state index contributed by atoms with van der Waals surface area (Å²) in [5.74, 6) is 2.16. The van der Waals surface area contributed by atoms with E-state index >= 15 is 0 Å². The van der Waals surface area contributed by atoms with Gasteiger partial charge in [-0.2, -0.15) is 0 Å². The molecule has 0 saturated carbocycles. The molecule has 1 aromatic heterocycles. The smallest absolute Gasteiger partial charge is 0.120 e. The van der Waals surface area contributed by atoms with Gasteiger partial charge in [0.15, 0.2) is 0 Å². The van der Waals surface area contributed by atoms with Crippen molar-refractivity contribution >= 4 is 0 Å². The molecule has 0 radical (unpaired) electrons. The van der Waals surface area contributed by atoms with Crippen molar-refractivity contribution in [2.24, 2.45) is 0 Å². The normalized spacial score (nSPS) is 13.2. The summed E-state index contributed by atoms with van der Waals surface area (Å²) in [7, 11) is 1.95. The SMILES string of the molecule is CCCCN(Cc1cc(C)c(CNC)o1)C(C)CC. The number of hydrogen-bond acceptors (Lipinski definition) is 3. The topological polar surface area (TPSA) is 28.4 Å². The number of aryl methyl sites for hydroxylation is 1. The molecule has 0 aliphatic heterocycles. The molecule has 0 saturated heterocycles. The first-order valence-corrected chi connectivity index (χ1v) is 7.59. The van der Waals surface area contributed by atoms with Gasteiger partial charge in [0.1, 0.15) is 11.5 Å². The summed E-state index contributed by atoms with van der Waals surface area (Å²) in [6, 6.07) is 2.80. The zero-order valence-electron chi connectivity index (χ0n) is 13.3. The summed E-state index contributed by atoms with van der Waals surface area (Å²) in [6.07, 6.45) is 3.69. The van der Waals surface area contributed by atoms with Crippen LogP contribution in [0.1, 0.15) is 57.1 Å². The number of hydrogen-bond donors (Lipinski definition) is 1. The molecule has 0 aliphatic rings. The quantitative estimate of drug-likeness (QED) is 0.738. The fraction of sp³-hybridized carbons (Fsp3) is 0.750. The summed E-state index contributed by atoms with van der Waals surface area (Å²) in [5, 5.41) is 3.15. The van der Waals surface area contributed by atoms with Gasteiger partial charge in [0.2, 0.25) is 0 Å². The van der Waals surface area contributed by atoms with Gasteiger partial charge in [0.25, 0.3) is 0 Å². The van der Waals surface area contributed by atoms with Crippen molar-refractivity contribution in [1.82, 2.24) is 10.2 Å². The van der Waals surface area contributed by atoms with Crippen LogP contribution in [-0.2, 0) is 13.1 Å². The van der Waals surface area contributed by atoms with Crippen LogP contribution in [0.15, 0.2) is 10.5 Å². The monoisotopic (exact) mass is 266 g/mol. The highest BCUT2D eigenvalue weighted by molar-refractivity contribution is 5.20. The summed E-state index contributed by atoms with van der Waals surface area (Å²) in [5.41, 5.74) is 1.25. The van der Waals surface area contributed by atoms with Crippen molar-refractivity contribution in [2.75, 3.05) is 13.6 Å². The molecule has 19 heavy (non-hydrogen) atoms. The van der Waals surface area contributed by atoms with E-state index in [-0.39, 0.29) is 0 Å². The lowest BCUT2D eigenvalue weighted by Gasteiger charge is -2.27. The van der Waals surface area contributed by atoms with Crippen LogP contribution < -0.4 is 5.32 Å². The Morgan fingerprint density at radius 1 is 1.37 bits per heavy atom. The minimum atomic E-state index is 0.615. The number of rotatable bonds is 9. The molecular formula is C16H30N2O. The maximum Gasteiger partial charge on any atom is 0.120 e. The first-order valence-electron chi connectivity index (χ1n) is 7.59. The van der Waals surface area contributed by atoms with Gasteiger partial charge in [-0.25, -0.2) is 0 Å². The van der Waals surface area contributed by atoms with Crippen molar-refractivity contribution in [2.45, 2.75) is 66.1 Å². The second kappa shape index (κ2) is 8.39. The maximum absolute atomic E-state index is 5.96. The Balaban J connectivity index is 2.69. The van der Waals surface area contributed by atoms with Crippen LogP contribution in [0, 0.1) is 6.92 Å². The highest BCUT2D eigenvalue weighted by Gasteiger charge is 2.15. The fourth-order valence-electron chi connectivity index (χ4n) is 2.28. The average molecular weight is 266 g/mol. The zero-order valence-corrected chi connectivity index (χ0v) is 13.3. The molecule has 110 valence electrons. The molecule has 0 amide bonds. The van der Waals surface area contributed by atoms with E-state index in [2.05, 4.69) is 44.0 Å². The molecule has 0 fully saturated rings.